The third-order valence-electron chi connectivity index (χ3n) is 3.09. The summed E-state index contributed by atoms with van der Waals surface area (Å²) in [6.45, 7) is 1.36. The monoisotopic (exact) mass is 348 g/mol. The molecule has 0 fully saturated rings. The Morgan fingerprint density at radius 1 is 0.960 bits per heavy atom. The molecule has 0 saturated carbocycles. The SMILES string of the molecule is CC(=O)Nc1cccc(NC(=O)/C=C/c2cccc(C(F)(F)F)c2)c1. The summed E-state index contributed by atoms with van der Waals surface area (Å²) in [7, 11) is 0. The number of hydrogen-bond acceptors (Lipinski definition) is 2. The van der Waals surface area contributed by atoms with Crippen molar-refractivity contribution in [2.24, 2.45) is 0 Å². The van der Waals surface area contributed by atoms with Crippen LogP contribution in [-0.2, 0) is 15.8 Å². The van der Waals surface area contributed by atoms with Gasteiger partial charge in [0.15, 0.2) is 0 Å². The summed E-state index contributed by atoms with van der Waals surface area (Å²) in [5.74, 6) is -0.745. The van der Waals surface area contributed by atoms with Gasteiger partial charge in [-0.1, -0.05) is 18.2 Å². The third kappa shape index (κ3) is 5.80. The molecule has 0 aliphatic rings. The van der Waals surface area contributed by atoms with E-state index < -0.39 is 17.6 Å². The van der Waals surface area contributed by atoms with Gasteiger partial charge in [-0.05, 0) is 42.0 Å². The predicted molar refractivity (Wildman–Crippen MR) is 89.9 cm³/mol. The molecule has 0 bridgehead atoms. The number of benzene rings is 2. The number of alkyl halides is 3. The van der Waals surface area contributed by atoms with Gasteiger partial charge in [0.2, 0.25) is 11.8 Å². The molecular formula is C18H15F3N2O2. The van der Waals surface area contributed by atoms with E-state index >= 15 is 0 Å². The molecule has 0 spiro atoms. The number of nitrogens with one attached hydrogen (secondary N) is 2. The molecule has 0 heterocycles. The number of amides is 2. The van der Waals surface area contributed by atoms with Crippen LogP contribution in [0.2, 0.25) is 0 Å². The van der Waals surface area contributed by atoms with Gasteiger partial charge in [-0.3, -0.25) is 9.59 Å². The minimum atomic E-state index is -4.43. The summed E-state index contributed by atoms with van der Waals surface area (Å²) in [4.78, 5) is 22.9. The summed E-state index contributed by atoms with van der Waals surface area (Å²) in [5.41, 5.74) is 0.451. The van der Waals surface area contributed by atoms with Crippen LogP contribution in [0.3, 0.4) is 0 Å². The molecule has 2 rings (SSSR count). The summed E-state index contributed by atoms with van der Waals surface area (Å²) in [6.07, 6.45) is -2.00. The maximum atomic E-state index is 12.6. The van der Waals surface area contributed by atoms with Gasteiger partial charge in [0.05, 0.1) is 5.56 Å². The second-order valence-corrected chi connectivity index (χ2v) is 5.21. The van der Waals surface area contributed by atoms with Crippen LogP contribution in [-0.4, -0.2) is 11.8 Å². The normalized spacial score (nSPS) is 11.4. The van der Waals surface area contributed by atoms with Gasteiger partial charge >= 0.3 is 6.18 Å². The van der Waals surface area contributed by atoms with E-state index in [1.54, 1.807) is 24.3 Å². The van der Waals surface area contributed by atoms with Crippen molar-refractivity contribution in [3.8, 4) is 0 Å². The van der Waals surface area contributed by atoms with Crippen LogP contribution in [0.15, 0.2) is 54.6 Å². The van der Waals surface area contributed by atoms with E-state index in [1.807, 2.05) is 0 Å². The fourth-order valence-electron chi connectivity index (χ4n) is 2.05. The molecule has 2 N–H and O–H groups in total. The maximum Gasteiger partial charge on any atom is 0.416 e. The number of halogens is 3. The molecule has 0 atom stereocenters. The standard InChI is InChI=1S/C18H15F3N2O2/c1-12(24)22-15-6-3-7-16(11-15)23-17(25)9-8-13-4-2-5-14(10-13)18(19,20)21/h2-11H,1H3,(H,22,24)(H,23,25)/b9-8+. The summed E-state index contributed by atoms with van der Waals surface area (Å²) in [6, 6.07) is 11.2. The topological polar surface area (TPSA) is 58.2 Å². The zero-order valence-corrected chi connectivity index (χ0v) is 13.2. The van der Waals surface area contributed by atoms with E-state index in [2.05, 4.69) is 10.6 Å². The zero-order chi connectivity index (χ0) is 18.4. The maximum absolute atomic E-state index is 12.6. The Labute approximate surface area is 142 Å². The van der Waals surface area contributed by atoms with E-state index in [9.17, 15) is 22.8 Å². The van der Waals surface area contributed by atoms with Gasteiger partial charge in [0.25, 0.3) is 0 Å². The molecule has 25 heavy (non-hydrogen) atoms. The van der Waals surface area contributed by atoms with Gasteiger partial charge in [-0.2, -0.15) is 13.2 Å². The molecular weight excluding hydrogens is 333 g/mol. The molecule has 0 aliphatic carbocycles. The minimum Gasteiger partial charge on any atom is -0.326 e. The van der Waals surface area contributed by atoms with Crippen LogP contribution in [0.4, 0.5) is 24.5 Å². The quantitative estimate of drug-likeness (QED) is 0.809. The number of hydrogen-bond donors (Lipinski definition) is 2. The molecule has 0 aliphatic heterocycles. The van der Waals surface area contributed by atoms with Crippen molar-refractivity contribution in [2.45, 2.75) is 13.1 Å². The molecule has 0 unspecified atom stereocenters. The number of carbonyl (C=O) groups is 2. The van der Waals surface area contributed by atoms with E-state index in [4.69, 9.17) is 0 Å². The average Bonchev–Trinajstić information content (AvgIpc) is 2.52. The second-order valence-electron chi connectivity index (χ2n) is 5.21. The molecule has 2 aromatic rings. The van der Waals surface area contributed by atoms with Crippen LogP contribution in [0.5, 0.6) is 0 Å². The second kappa shape index (κ2) is 7.65. The molecule has 2 amide bonds. The Bertz CT molecular complexity index is 814. The van der Waals surface area contributed by atoms with E-state index in [1.165, 1.54) is 25.1 Å². The van der Waals surface area contributed by atoms with Crippen LogP contribution in [0, 0.1) is 0 Å². The largest absolute Gasteiger partial charge is 0.416 e. The lowest BCUT2D eigenvalue weighted by atomic mass is 10.1. The Balaban J connectivity index is 2.05. The first-order valence-electron chi connectivity index (χ1n) is 7.28. The highest BCUT2D eigenvalue weighted by Gasteiger charge is 2.30. The van der Waals surface area contributed by atoms with Gasteiger partial charge in [0, 0.05) is 24.4 Å². The summed E-state index contributed by atoms with van der Waals surface area (Å²) < 4.78 is 37.9. The van der Waals surface area contributed by atoms with Crippen molar-refractivity contribution >= 4 is 29.3 Å². The first-order chi connectivity index (χ1) is 11.7. The summed E-state index contributed by atoms with van der Waals surface area (Å²) in [5, 5.41) is 5.15. The highest BCUT2D eigenvalue weighted by molar-refractivity contribution is 6.02. The molecule has 4 nitrogen and oxygen atoms in total. The fourth-order valence-corrected chi connectivity index (χ4v) is 2.05. The Morgan fingerprint density at radius 3 is 2.24 bits per heavy atom. The Morgan fingerprint density at radius 2 is 1.60 bits per heavy atom. The Hall–Kier alpha value is -3.09. The number of rotatable bonds is 4. The van der Waals surface area contributed by atoms with E-state index in [0.717, 1.165) is 18.2 Å². The first-order valence-corrected chi connectivity index (χ1v) is 7.28. The average molecular weight is 348 g/mol. The lowest BCUT2D eigenvalue weighted by Gasteiger charge is -2.07. The van der Waals surface area contributed by atoms with Crippen molar-refractivity contribution < 1.29 is 22.8 Å². The number of anilines is 2. The highest BCUT2D eigenvalue weighted by atomic mass is 19.4. The predicted octanol–water partition coefficient (Wildman–Crippen LogP) is 4.32. The van der Waals surface area contributed by atoms with Crippen LogP contribution in [0.1, 0.15) is 18.1 Å². The van der Waals surface area contributed by atoms with Crippen molar-refractivity contribution in [3.05, 3.63) is 65.7 Å². The zero-order valence-electron chi connectivity index (χ0n) is 13.2. The van der Waals surface area contributed by atoms with Gasteiger partial charge in [-0.25, -0.2) is 0 Å². The van der Waals surface area contributed by atoms with E-state index in [-0.39, 0.29) is 11.5 Å². The highest BCUT2D eigenvalue weighted by Crippen LogP contribution is 2.29. The molecule has 130 valence electrons. The molecule has 7 heteroatoms. The fraction of sp³-hybridized carbons (Fsp3) is 0.111. The minimum absolute atomic E-state index is 0.243. The smallest absolute Gasteiger partial charge is 0.326 e. The molecule has 2 aromatic carbocycles. The van der Waals surface area contributed by atoms with Gasteiger partial charge in [-0.15, -0.1) is 0 Å². The van der Waals surface area contributed by atoms with Gasteiger partial charge in [0.1, 0.15) is 0 Å². The van der Waals surface area contributed by atoms with E-state index in [0.29, 0.717) is 11.4 Å². The first kappa shape index (κ1) is 18.3. The van der Waals surface area contributed by atoms with Crippen molar-refractivity contribution in [3.63, 3.8) is 0 Å². The third-order valence-corrected chi connectivity index (χ3v) is 3.09. The molecule has 0 aromatic heterocycles. The molecule has 0 saturated heterocycles. The van der Waals surface area contributed by atoms with Crippen LogP contribution >= 0.6 is 0 Å². The summed E-state index contributed by atoms with van der Waals surface area (Å²) >= 11 is 0. The van der Waals surface area contributed by atoms with Crippen LogP contribution < -0.4 is 10.6 Å². The van der Waals surface area contributed by atoms with Crippen molar-refractivity contribution in [1.82, 2.24) is 0 Å². The van der Waals surface area contributed by atoms with Crippen molar-refractivity contribution in [1.29, 1.82) is 0 Å². The Kier molecular flexibility index (Phi) is 5.59. The van der Waals surface area contributed by atoms with Crippen LogP contribution in [0.25, 0.3) is 6.08 Å². The molecule has 0 radical (unpaired) electrons. The van der Waals surface area contributed by atoms with Gasteiger partial charge < -0.3 is 10.6 Å². The van der Waals surface area contributed by atoms with Crippen molar-refractivity contribution in [2.75, 3.05) is 10.6 Å². The lowest BCUT2D eigenvalue weighted by molar-refractivity contribution is -0.137. The lowest BCUT2D eigenvalue weighted by Crippen LogP contribution is -2.09. The number of carbonyl (C=O) groups excluding carboxylic acids is 2.